The van der Waals surface area contributed by atoms with Crippen molar-refractivity contribution in [2.45, 2.75) is 39.2 Å². The summed E-state index contributed by atoms with van der Waals surface area (Å²) in [6.07, 6.45) is 6.35. The van der Waals surface area contributed by atoms with Crippen LogP contribution in [0.4, 0.5) is 0 Å². The molecule has 0 bridgehead atoms. The molecule has 0 heterocycles. The summed E-state index contributed by atoms with van der Waals surface area (Å²) < 4.78 is 11.3. The van der Waals surface area contributed by atoms with E-state index in [0.29, 0.717) is 17.4 Å². The van der Waals surface area contributed by atoms with Crippen LogP contribution in [0.3, 0.4) is 0 Å². The fraction of sp³-hybridized carbons (Fsp3) is 0.529. The number of hydrogen-bond acceptors (Lipinski definition) is 3. The van der Waals surface area contributed by atoms with E-state index in [0.717, 1.165) is 50.1 Å². The standard InChI is InChI=1S/C17H26ClNO2/c1-4-6-7-8-9-10-21-17-14(13-19-5-2)11-15(18)12-16(17)20-3/h4,11-12,19H,1,5-10,13H2,2-3H3. The van der Waals surface area contributed by atoms with E-state index < -0.39 is 0 Å². The van der Waals surface area contributed by atoms with Crippen LogP contribution in [-0.2, 0) is 6.54 Å². The lowest BCUT2D eigenvalue weighted by Gasteiger charge is -2.16. The molecule has 0 atom stereocenters. The zero-order valence-electron chi connectivity index (χ0n) is 13.1. The number of ether oxygens (including phenoxy) is 2. The van der Waals surface area contributed by atoms with Crippen LogP contribution in [0.2, 0.25) is 5.02 Å². The predicted molar refractivity (Wildman–Crippen MR) is 89.5 cm³/mol. The highest BCUT2D eigenvalue weighted by Crippen LogP contribution is 2.35. The average Bonchev–Trinajstić information content (AvgIpc) is 2.49. The van der Waals surface area contributed by atoms with Gasteiger partial charge >= 0.3 is 0 Å². The van der Waals surface area contributed by atoms with Gasteiger partial charge in [-0.3, -0.25) is 0 Å². The first-order chi connectivity index (χ1) is 10.2. The number of unbranched alkanes of at least 4 members (excludes halogenated alkanes) is 3. The number of methoxy groups -OCH3 is 1. The first kappa shape index (κ1) is 17.9. The van der Waals surface area contributed by atoms with E-state index in [9.17, 15) is 0 Å². The maximum atomic E-state index is 6.13. The number of benzene rings is 1. The molecule has 3 nitrogen and oxygen atoms in total. The maximum Gasteiger partial charge on any atom is 0.165 e. The van der Waals surface area contributed by atoms with E-state index in [1.54, 1.807) is 13.2 Å². The summed E-state index contributed by atoms with van der Waals surface area (Å²) in [5.74, 6) is 1.49. The van der Waals surface area contributed by atoms with Gasteiger partial charge in [-0.15, -0.1) is 6.58 Å². The molecule has 0 aromatic heterocycles. The van der Waals surface area contributed by atoms with Crippen molar-refractivity contribution in [1.82, 2.24) is 5.32 Å². The molecule has 0 saturated carbocycles. The highest BCUT2D eigenvalue weighted by Gasteiger charge is 2.12. The Hall–Kier alpha value is -1.19. The summed E-state index contributed by atoms with van der Waals surface area (Å²) in [5, 5.41) is 3.96. The first-order valence-electron chi connectivity index (χ1n) is 7.53. The zero-order chi connectivity index (χ0) is 15.5. The van der Waals surface area contributed by atoms with Crippen LogP contribution >= 0.6 is 11.6 Å². The molecule has 4 heteroatoms. The monoisotopic (exact) mass is 311 g/mol. The SMILES string of the molecule is C=CCCCCCOc1c(CNCC)cc(Cl)cc1OC. The Morgan fingerprint density at radius 3 is 2.76 bits per heavy atom. The van der Waals surface area contributed by atoms with Crippen LogP contribution in [0.5, 0.6) is 11.5 Å². The summed E-state index contributed by atoms with van der Waals surface area (Å²) in [4.78, 5) is 0. The van der Waals surface area contributed by atoms with E-state index >= 15 is 0 Å². The highest BCUT2D eigenvalue weighted by atomic mass is 35.5. The van der Waals surface area contributed by atoms with E-state index in [1.165, 1.54) is 0 Å². The van der Waals surface area contributed by atoms with E-state index in [1.807, 2.05) is 12.1 Å². The Labute approximate surface area is 133 Å². The van der Waals surface area contributed by atoms with Crippen molar-refractivity contribution < 1.29 is 9.47 Å². The lowest BCUT2D eigenvalue weighted by Crippen LogP contribution is -2.13. The summed E-state index contributed by atoms with van der Waals surface area (Å²) in [5.41, 5.74) is 1.03. The van der Waals surface area contributed by atoms with Crippen molar-refractivity contribution >= 4 is 11.6 Å². The second kappa shape index (κ2) is 10.5. The average molecular weight is 312 g/mol. The lowest BCUT2D eigenvalue weighted by atomic mass is 10.1. The van der Waals surface area contributed by atoms with Crippen LogP contribution in [0.15, 0.2) is 24.8 Å². The molecule has 0 aliphatic rings. The molecular formula is C17H26ClNO2. The summed E-state index contributed by atoms with van der Waals surface area (Å²) in [6.45, 7) is 8.11. The van der Waals surface area contributed by atoms with E-state index in [4.69, 9.17) is 21.1 Å². The second-order valence-corrected chi connectivity index (χ2v) is 5.30. The number of hydrogen-bond donors (Lipinski definition) is 1. The molecule has 1 aromatic carbocycles. The van der Waals surface area contributed by atoms with Crippen LogP contribution in [0.1, 0.15) is 38.2 Å². The summed E-state index contributed by atoms with van der Waals surface area (Å²) >= 11 is 6.13. The fourth-order valence-electron chi connectivity index (χ4n) is 2.07. The minimum Gasteiger partial charge on any atom is -0.493 e. The van der Waals surface area contributed by atoms with E-state index in [2.05, 4.69) is 18.8 Å². The van der Waals surface area contributed by atoms with Crippen molar-refractivity contribution in [1.29, 1.82) is 0 Å². The molecule has 0 radical (unpaired) electrons. The Bertz CT molecular complexity index is 435. The third-order valence-corrected chi connectivity index (χ3v) is 3.40. The molecular weight excluding hydrogens is 286 g/mol. The van der Waals surface area contributed by atoms with Gasteiger partial charge in [0.2, 0.25) is 0 Å². The Morgan fingerprint density at radius 2 is 2.10 bits per heavy atom. The lowest BCUT2D eigenvalue weighted by molar-refractivity contribution is 0.282. The quantitative estimate of drug-likeness (QED) is 0.479. The topological polar surface area (TPSA) is 30.5 Å². The van der Waals surface area contributed by atoms with Gasteiger partial charge in [0.1, 0.15) is 0 Å². The van der Waals surface area contributed by atoms with Crippen molar-refractivity contribution in [2.24, 2.45) is 0 Å². The molecule has 118 valence electrons. The minimum atomic E-state index is 0.665. The molecule has 0 spiro atoms. The van der Waals surface area contributed by atoms with Crippen molar-refractivity contribution in [3.05, 3.63) is 35.4 Å². The molecule has 0 saturated heterocycles. The second-order valence-electron chi connectivity index (χ2n) is 4.86. The maximum absolute atomic E-state index is 6.13. The molecule has 0 aliphatic heterocycles. The molecule has 0 fully saturated rings. The van der Waals surface area contributed by atoms with Gasteiger partial charge in [-0.25, -0.2) is 0 Å². The van der Waals surface area contributed by atoms with Gasteiger partial charge < -0.3 is 14.8 Å². The van der Waals surface area contributed by atoms with Crippen LogP contribution in [-0.4, -0.2) is 20.3 Å². The molecule has 0 unspecified atom stereocenters. The number of halogens is 1. The molecule has 1 rings (SSSR count). The molecule has 1 aromatic rings. The third kappa shape index (κ3) is 6.40. The van der Waals surface area contributed by atoms with Gasteiger partial charge in [0.25, 0.3) is 0 Å². The van der Waals surface area contributed by atoms with Gasteiger partial charge in [0.05, 0.1) is 13.7 Å². The number of allylic oxidation sites excluding steroid dienone is 1. The Morgan fingerprint density at radius 1 is 1.29 bits per heavy atom. The van der Waals surface area contributed by atoms with Crippen molar-refractivity contribution in [3.8, 4) is 11.5 Å². The van der Waals surface area contributed by atoms with Gasteiger partial charge in [-0.05, 0) is 38.3 Å². The highest BCUT2D eigenvalue weighted by molar-refractivity contribution is 6.30. The Kier molecular flexibility index (Phi) is 8.95. The summed E-state index contributed by atoms with van der Waals surface area (Å²) in [6, 6.07) is 3.73. The molecule has 0 aliphatic carbocycles. The van der Waals surface area contributed by atoms with Crippen molar-refractivity contribution in [3.63, 3.8) is 0 Å². The fourth-order valence-corrected chi connectivity index (χ4v) is 2.30. The smallest absolute Gasteiger partial charge is 0.165 e. The van der Waals surface area contributed by atoms with Gasteiger partial charge in [0.15, 0.2) is 11.5 Å². The molecule has 21 heavy (non-hydrogen) atoms. The normalized spacial score (nSPS) is 10.4. The Balaban J connectivity index is 2.65. The first-order valence-corrected chi connectivity index (χ1v) is 7.91. The van der Waals surface area contributed by atoms with Gasteiger partial charge in [-0.2, -0.15) is 0 Å². The van der Waals surface area contributed by atoms with Gasteiger partial charge in [0, 0.05) is 23.2 Å². The largest absolute Gasteiger partial charge is 0.493 e. The van der Waals surface area contributed by atoms with Gasteiger partial charge in [-0.1, -0.05) is 24.6 Å². The zero-order valence-corrected chi connectivity index (χ0v) is 13.8. The summed E-state index contributed by atoms with van der Waals surface area (Å²) in [7, 11) is 1.64. The predicted octanol–water partition coefficient (Wildman–Crippen LogP) is 4.58. The van der Waals surface area contributed by atoms with Crippen LogP contribution in [0, 0.1) is 0 Å². The van der Waals surface area contributed by atoms with E-state index in [-0.39, 0.29) is 0 Å². The minimum absolute atomic E-state index is 0.665. The van der Waals surface area contributed by atoms with Crippen LogP contribution < -0.4 is 14.8 Å². The van der Waals surface area contributed by atoms with Crippen LogP contribution in [0.25, 0.3) is 0 Å². The molecule has 1 N–H and O–H groups in total. The van der Waals surface area contributed by atoms with Crippen molar-refractivity contribution in [2.75, 3.05) is 20.3 Å². The third-order valence-electron chi connectivity index (χ3n) is 3.18. The number of rotatable bonds is 11. The molecule has 0 amide bonds. The number of nitrogens with one attached hydrogen (secondary N) is 1.